The number of pyridine rings is 1. The highest BCUT2D eigenvalue weighted by atomic mass is 19.1. The molecule has 2 aromatic heterocycles. The number of nitrogens with zero attached hydrogens (tertiary/aromatic N) is 3. The zero-order valence-electron chi connectivity index (χ0n) is 26.9. The molecule has 0 spiro atoms. The topological polar surface area (TPSA) is 50.9 Å². The van der Waals surface area contributed by atoms with Crippen molar-refractivity contribution in [3.05, 3.63) is 179 Å². The van der Waals surface area contributed by atoms with E-state index < -0.39 is 11.1 Å². The second-order valence-corrected chi connectivity index (χ2v) is 12.9. The molecule has 0 fully saturated rings. The van der Waals surface area contributed by atoms with E-state index >= 15 is 0 Å². The normalized spacial score (nSPS) is 13.3. The highest BCUT2D eigenvalue weighted by molar-refractivity contribution is 5.60. The fourth-order valence-corrected chi connectivity index (χ4v) is 6.33. The number of imidazole rings is 1. The maximum absolute atomic E-state index is 13.5. The Morgan fingerprint density at radius 1 is 0.674 bits per heavy atom. The van der Waals surface area contributed by atoms with Crippen LogP contribution in [0.3, 0.4) is 0 Å². The van der Waals surface area contributed by atoms with Gasteiger partial charge in [0.05, 0.1) is 17.6 Å². The van der Waals surface area contributed by atoms with Crippen LogP contribution in [0.25, 0.3) is 11.3 Å². The number of hydrogen-bond acceptors (Lipinski definition) is 3. The minimum absolute atomic E-state index is 0.0149. The molecule has 6 aromatic rings. The van der Waals surface area contributed by atoms with Gasteiger partial charge >= 0.3 is 0 Å². The van der Waals surface area contributed by atoms with E-state index in [1.807, 2.05) is 49.4 Å². The van der Waals surface area contributed by atoms with Gasteiger partial charge in [-0.15, -0.1) is 0 Å². The first kappa shape index (κ1) is 31.1. The molecule has 6 rings (SSSR count). The van der Waals surface area contributed by atoms with E-state index in [0.717, 1.165) is 40.8 Å². The number of aliphatic hydroxyl groups is 1. The van der Waals surface area contributed by atoms with Crippen molar-refractivity contribution in [2.45, 2.75) is 51.7 Å². The van der Waals surface area contributed by atoms with Gasteiger partial charge in [-0.2, -0.15) is 0 Å². The van der Waals surface area contributed by atoms with Crippen LogP contribution in [0.1, 0.15) is 67.9 Å². The Balaban J connectivity index is 1.62. The first-order chi connectivity index (χ1) is 22.1. The number of halogens is 1. The molecular weight excluding hydrogens is 569 g/mol. The Labute approximate surface area is 271 Å². The van der Waals surface area contributed by atoms with E-state index in [4.69, 9.17) is 4.98 Å². The average Bonchev–Trinajstić information content (AvgIpc) is 3.51. The third kappa shape index (κ3) is 5.79. The van der Waals surface area contributed by atoms with Crippen LogP contribution in [0.5, 0.6) is 0 Å². The summed E-state index contributed by atoms with van der Waals surface area (Å²) in [4.78, 5) is 9.52. The van der Waals surface area contributed by atoms with E-state index in [1.54, 1.807) is 6.07 Å². The zero-order chi connectivity index (χ0) is 32.4. The molecule has 1 N–H and O–H groups in total. The lowest BCUT2D eigenvalue weighted by molar-refractivity contribution is 0.0853. The molecular formula is C41H40FN3O. The molecule has 4 aromatic carbocycles. The summed E-state index contributed by atoms with van der Waals surface area (Å²) in [5.74, 6) is 0.162. The summed E-state index contributed by atoms with van der Waals surface area (Å²) in [6.45, 7) is 8.53. The molecule has 0 saturated carbocycles. The highest BCUT2D eigenvalue weighted by Gasteiger charge is 2.44. The van der Waals surface area contributed by atoms with Gasteiger partial charge in [0.25, 0.3) is 0 Å². The van der Waals surface area contributed by atoms with E-state index in [-0.39, 0.29) is 11.2 Å². The Bertz CT molecular complexity index is 1780. The van der Waals surface area contributed by atoms with Gasteiger partial charge < -0.3 is 9.67 Å². The van der Waals surface area contributed by atoms with E-state index in [2.05, 4.69) is 109 Å². The van der Waals surface area contributed by atoms with Crippen LogP contribution in [0, 0.1) is 11.2 Å². The summed E-state index contributed by atoms with van der Waals surface area (Å²) in [6.07, 6.45) is 5.10. The predicted octanol–water partition coefficient (Wildman–Crippen LogP) is 9.16. The standard InChI is InChI=1S/C41H40FN3O/c1-5-39(2,3)27-36-29-45(38(44-36)40(4,46)31-23-21-30(22-24-31)37-26-25-35(42)28-43-37)41(32-15-9-6-10-16-32,33-17-11-7-12-18-33)34-19-13-8-14-20-34/h6-26,28-29,46H,5,27H2,1-4H3. The van der Waals surface area contributed by atoms with Crippen molar-refractivity contribution in [1.29, 1.82) is 0 Å². The average molecular weight is 610 g/mol. The zero-order valence-corrected chi connectivity index (χ0v) is 26.9. The fraction of sp³-hybridized carbons (Fsp3) is 0.220. The molecule has 0 aliphatic heterocycles. The third-order valence-corrected chi connectivity index (χ3v) is 9.21. The Kier molecular flexibility index (Phi) is 8.45. The summed E-state index contributed by atoms with van der Waals surface area (Å²) < 4.78 is 15.7. The van der Waals surface area contributed by atoms with Crippen molar-refractivity contribution in [2.75, 3.05) is 0 Å². The van der Waals surface area contributed by atoms with Crippen LogP contribution in [-0.4, -0.2) is 19.6 Å². The molecule has 1 unspecified atom stereocenters. The maximum Gasteiger partial charge on any atom is 0.146 e. The first-order valence-electron chi connectivity index (χ1n) is 15.9. The van der Waals surface area contributed by atoms with Gasteiger partial charge in [-0.1, -0.05) is 142 Å². The predicted molar refractivity (Wildman–Crippen MR) is 183 cm³/mol. The van der Waals surface area contributed by atoms with Gasteiger partial charge in [0, 0.05) is 11.8 Å². The van der Waals surface area contributed by atoms with Crippen LogP contribution >= 0.6 is 0 Å². The second-order valence-electron chi connectivity index (χ2n) is 12.9. The molecule has 5 heteroatoms. The van der Waals surface area contributed by atoms with E-state index in [9.17, 15) is 9.50 Å². The molecule has 0 aliphatic carbocycles. The van der Waals surface area contributed by atoms with Crippen molar-refractivity contribution < 1.29 is 9.50 Å². The van der Waals surface area contributed by atoms with Gasteiger partial charge in [0.15, 0.2) is 0 Å². The minimum Gasteiger partial charge on any atom is -0.377 e. The molecule has 46 heavy (non-hydrogen) atoms. The quantitative estimate of drug-likeness (QED) is 0.158. The van der Waals surface area contributed by atoms with Gasteiger partial charge in [-0.05, 0) is 53.1 Å². The summed E-state index contributed by atoms with van der Waals surface area (Å²) in [6, 6.07) is 42.1. The minimum atomic E-state index is -1.48. The lowest BCUT2D eigenvalue weighted by Crippen LogP contribution is -2.41. The van der Waals surface area contributed by atoms with Crippen LogP contribution in [-0.2, 0) is 17.6 Å². The molecule has 0 aliphatic rings. The van der Waals surface area contributed by atoms with Crippen LogP contribution in [0.4, 0.5) is 4.39 Å². The molecule has 0 saturated heterocycles. The van der Waals surface area contributed by atoms with Crippen LogP contribution < -0.4 is 0 Å². The Hall–Kier alpha value is -4.87. The molecule has 2 heterocycles. The van der Waals surface area contributed by atoms with Crippen LogP contribution in [0.2, 0.25) is 0 Å². The number of aromatic nitrogens is 3. The summed E-state index contributed by atoms with van der Waals surface area (Å²) in [7, 11) is 0. The summed E-state index contributed by atoms with van der Waals surface area (Å²) >= 11 is 0. The Morgan fingerprint density at radius 2 is 1.20 bits per heavy atom. The lowest BCUT2D eigenvalue weighted by atomic mass is 9.76. The van der Waals surface area contributed by atoms with Gasteiger partial charge in [0.1, 0.15) is 22.8 Å². The highest BCUT2D eigenvalue weighted by Crippen LogP contribution is 2.45. The van der Waals surface area contributed by atoms with Crippen molar-refractivity contribution in [1.82, 2.24) is 14.5 Å². The van der Waals surface area contributed by atoms with E-state index in [1.165, 1.54) is 12.3 Å². The number of benzene rings is 4. The molecule has 4 nitrogen and oxygen atoms in total. The van der Waals surface area contributed by atoms with Crippen molar-refractivity contribution >= 4 is 0 Å². The first-order valence-corrected chi connectivity index (χ1v) is 15.9. The maximum atomic E-state index is 13.5. The van der Waals surface area contributed by atoms with Crippen molar-refractivity contribution in [3.8, 4) is 11.3 Å². The summed E-state index contributed by atoms with van der Waals surface area (Å²) in [5, 5.41) is 12.7. The third-order valence-electron chi connectivity index (χ3n) is 9.21. The molecule has 0 radical (unpaired) electrons. The number of hydrogen-bond donors (Lipinski definition) is 1. The van der Waals surface area contributed by atoms with Gasteiger partial charge in [-0.3, -0.25) is 4.98 Å². The SMILES string of the molecule is CCC(C)(C)Cc1cn(C(c2ccccc2)(c2ccccc2)c2ccccc2)c(C(C)(O)c2ccc(-c3ccc(F)cn3)cc2)n1. The largest absolute Gasteiger partial charge is 0.377 e. The molecule has 0 amide bonds. The lowest BCUT2D eigenvalue weighted by Gasteiger charge is -2.40. The van der Waals surface area contributed by atoms with Crippen molar-refractivity contribution in [2.24, 2.45) is 5.41 Å². The van der Waals surface area contributed by atoms with Crippen LogP contribution in [0.15, 0.2) is 140 Å². The monoisotopic (exact) mass is 609 g/mol. The van der Waals surface area contributed by atoms with Gasteiger partial charge in [0.2, 0.25) is 0 Å². The molecule has 232 valence electrons. The number of rotatable bonds is 10. The van der Waals surface area contributed by atoms with Crippen molar-refractivity contribution in [3.63, 3.8) is 0 Å². The molecule has 1 atom stereocenters. The molecule has 0 bridgehead atoms. The second kappa shape index (κ2) is 12.5. The Morgan fingerprint density at radius 3 is 1.65 bits per heavy atom. The van der Waals surface area contributed by atoms with E-state index in [0.29, 0.717) is 17.1 Å². The summed E-state index contributed by atoms with van der Waals surface area (Å²) in [5.41, 5.74) is 3.96. The smallest absolute Gasteiger partial charge is 0.146 e. The fourth-order valence-electron chi connectivity index (χ4n) is 6.33. The van der Waals surface area contributed by atoms with Gasteiger partial charge in [-0.25, -0.2) is 9.37 Å².